The molecule has 55 valence electrons. The molecule has 1 aromatic rings. The molecule has 0 bridgehead atoms. The van der Waals surface area contributed by atoms with E-state index in [0.29, 0.717) is 6.61 Å². The van der Waals surface area contributed by atoms with Crippen molar-refractivity contribution in [3.63, 3.8) is 0 Å². The van der Waals surface area contributed by atoms with Crippen molar-refractivity contribution in [1.82, 2.24) is 0 Å². The second-order valence-electron chi connectivity index (χ2n) is 2.18. The van der Waals surface area contributed by atoms with Crippen LogP contribution < -0.4 is 4.74 Å². The van der Waals surface area contributed by atoms with Gasteiger partial charge >= 0.3 is 0 Å². The maximum atomic E-state index is 5.23. The zero-order chi connectivity index (χ0) is 8.10. The third-order valence-electron chi connectivity index (χ3n) is 1.33. The molecule has 1 rings (SSSR count). The highest BCUT2D eigenvalue weighted by Crippen LogP contribution is 2.14. The molecule has 0 atom stereocenters. The Hall–Kier alpha value is -1.42. The van der Waals surface area contributed by atoms with E-state index in [1.165, 1.54) is 0 Å². The first-order valence-electron chi connectivity index (χ1n) is 3.37. The Morgan fingerprint density at radius 1 is 1.73 bits per heavy atom. The van der Waals surface area contributed by atoms with Crippen LogP contribution in [0, 0.1) is 25.3 Å². The molecule has 0 aromatic heterocycles. The first-order chi connectivity index (χ1) is 5.34. The summed E-state index contributed by atoms with van der Waals surface area (Å²) in [6, 6.07) is 8.47. The van der Waals surface area contributed by atoms with Gasteiger partial charge in [-0.25, -0.2) is 0 Å². The monoisotopic (exact) mass is 145 g/mol. The minimum absolute atomic E-state index is 0.324. The van der Waals surface area contributed by atoms with Crippen molar-refractivity contribution in [2.75, 3.05) is 6.61 Å². The van der Waals surface area contributed by atoms with E-state index in [9.17, 15) is 0 Å². The Balaban J connectivity index is 2.71. The summed E-state index contributed by atoms with van der Waals surface area (Å²) in [6.07, 6.45) is 5.04. The summed E-state index contributed by atoms with van der Waals surface area (Å²) < 4.78 is 5.23. The molecule has 1 nitrogen and oxygen atoms in total. The standard InChI is InChI=1S/C10H9O/c1-3-8-11-10-7-5-4-6-9(10)2/h1,5-7H,8H2,2H3. The van der Waals surface area contributed by atoms with Gasteiger partial charge in [0.2, 0.25) is 0 Å². The van der Waals surface area contributed by atoms with Crippen molar-refractivity contribution in [1.29, 1.82) is 0 Å². The fourth-order valence-electron chi connectivity index (χ4n) is 0.781. The van der Waals surface area contributed by atoms with E-state index in [-0.39, 0.29) is 0 Å². The summed E-state index contributed by atoms with van der Waals surface area (Å²) in [7, 11) is 0. The van der Waals surface area contributed by atoms with Gasteiger partial charge in [-0.15, -0.1) is 6.42 Å². The molecule has 0 saturated carbocycles. The zero-order valence-electron chi connectivity index (χ0n) is 6.42. The molecule has 0 N–H and O–H groups in total. The highest BCUT2D eigenvalue weighted by Gasteiger charge is 1.94. The third-order valence-corrected chi connectivity index (χ3v) is 1.33. The molecule has 0 aliphatic heterocycles. The first kappa shape index (κ1) is 7.68. The first-order valence-corrected chi connectivity index (χ1v) is 3.37. The average molecular weight is 145 g/mol. The summed E-state index contributed by atoms with van der Waals surface area (Å²) in [5.74, 6) is 3.25. The fraction of sp³-hybridized carbons (Fsp3) is 0.200. The number of terminal acetylenes is 1. The second kappa shape index (κ2) is 3.68. The molecule has 0 saturated heterocycles. The van der Waals surface area contributed by atoms with Gasteiger partial charge in [0, 0.05) is 0 Å². The molecule has 0 spiro atoms. The quantitative estimate of drug-likeness (QED) is 0.577. The van der Waals surface area contributed by atoms with Gasteiger partial charge in [0.25, 0.3) is 0 Å². The lowest BCUT2D eigenvalue weighted by molar-refractivity contribution is 0.368. The van der Waals surface area contributed by atoms with Crippen LogP contribution in [-0.4, -0.2) is 6.61 Å². The largest absolute Gasteiger partial charge is 0.481 e. The van der Waals surface area contributed by atoms with Gasteiger partial charge in [-0.1, -0.05) is 12.0 Å². The topological polar surface area (TPSA) is 9.23 Å². The Bertz CT molecular complexity index is 270. The fourth-order valence-corrected chi connectivity index (χ4v) is 0.781. The lowest BCUT2D eigenvalue weighted by Crippen LogP contribution is -1.94. The highest BCUT2D eigenvalue weighted by molar-refractivity contribution is 5.31. The van der Waals surface area contributed by atoms with Crippen molar-refractivity contribution >= 4 is 0 Å². The smallest absolute Gasteiger partial charge is 0.148 e. The maximum Gasteiger partial charge on any atom is 0.148 e. The Morgan fingerprint density at radius 3 is 3.18 bits per heavy atom. The lowest BCUT2D eigenvalue weighted by Gasteiger charge is -2.03. The molecular weight excluding hydrogens is 136 g/mol. The summed E-state index contributed by atoms with van der Waals surface area (Å²) >= 11 is 0. The molecule has 0 fully saturated rings. The van der Waals surface area contributed by atoms with Crippen LogP contribution in [-0.2, 0) is 0 Å². The average Bonchev–Trinajstić information content (AvgIpc) is 2.03. The Labute approximate surface area is 67.0 Å². The zero-order valence-corrected chi connectivity index (χ0v) is 6.42. The SMILES string of the molecule is C#CCOc1cc[c]cc1C. The van der Waals surface area contributed by atoms with Crippen LogP contribution in [0.4, 0.5) is 0 Å². The van der Waals surface area contributed by atoms with Crippen LogP contribution in [0.25, 0.3) is 0 Å². The van der Waals surface area contributed by atoms with Gasteiger partial charge in [0.05, 0.1) is 0 Å². The van der Waals surface area contributed by atoms with Crippen molar-refractivity contribution in [3.8, 4) is 18.1 Å². The van der Waals surface area contributed by atoms with Crippen LogP contribution in [0.5, 0.6) is 5.75 Å². The number of benzene rings is 1. The number of hydrogen-bond donors (Lipinski definition) is 0. The second-order valence-corrected chi connectivity index (χ2v) is 2.18. The van der Waals surface area contributed by atoms with Crippen LogP contribution in [0.2, 0.25) is 0 Å². The van der Waals surface area contributed by atoms with Gasteiger partial charge in [0.15, 0.2) is 0 Å². The summed E-state index contributed by atoms with van der Waals surface area (Å²) in [4.78, 5) is 0. The Kier molecular flexibility index (Phi) is 2.57. The van der Waals surface area contributed by atoms with Gasteiger partial charge in [-0.2, -0.15) is 0 Å². The van der Waals surface area contributed by atoms with Gasteiger partial charge in [-0.3, -0.25) is 0 Å². The van der Waals surface area contributed by atoms with Crippen molar-refractivity contribution in [3.05, 3.63) is 29.8 Å². The van der Waals surface area contributed by atoms with E-state index < -0.39 is 0 Å². The van der Waals surface area contributed by atoms with Crippen molar-refractivity contribution < 1.29 is 4.74 Å². The molecule has 0 amide bonds. The van der Waals surface area contributed by atoms with Gasteiger partial charge < -0.3 is 4.74 Å². The number of aryl methyl sites for hydroxylation is 1. The molecule has 1 aromatic carbocycles. The third kappa shape index (κ3) is 2.01. The molecule has 1 radical (unpaired) electrons. The van der Waals surface area contributed by atoms with Crippen LogP contribution in [0.1, 0.15) is 5.56 Å². The molecular formula is C10H9O. The highest BCUT2D eigenvalue weighted by atomic mass is 16.5. The maximum absolute atomic E-state index is 5.23. The molecule has 11 heavy (non-hydrogen) atoms. The predicted molar refractivity (Wildman–Crippen MR) is 44.3 cm³/mol. The molecule has 0 aliphatic rings. The van der Waals surface area contributed by atoms with E-state index >= 15 is 0 Å². The van der Waals surface area contributed by atoms with Crippen molar-refractivity contribution in [2.45, 2.75) is 6.92 Å². The minimum atomic E-state index is 0.324. The van der Waals surface area contributed by atoms with Crippen molar-refractivity contribution in [2.24, 2.45) is 0 Å². The normalized spacial score (nSPS) is 8.73. The minimum Gasteiger partial charge on any atom is -0.481 e. The van der Waals surface area contributed by atoms with Crippen LogP contribution in [0.15, 0.2) is 18.2 Å². The van der Waals surface area contributed by atoms with E-state index in [0.717, 1.165) is 11.3 Å². The molecule has 1 heteroatoms. The van der Waals surface area contributed by atoms with E-state index in [1.807, 2.05) is 19.1 Å². The number of rotatable bonds is 2. The predicted octanol–water partition coefficient (Wildman–Crippen LogP) is 1.81. The Morgan fingerprint density at radius 2 is 2.55 bits per heavy atom. The van der Waals surface area contributed by atoms with Crippen LogP contribution in [0.3, 0.4) is 0 Å². The summed E-state index contributed by atoms with van der Waals surface area (Å²) in [5, 5.41) is 0. The molecule has 0 unspecified atom stereocenters. The van der Waals surface area contributed by atoms with Crippen LogP contribution >= 0.6 is 0 Å². The van der Waals surface area contributed by atoms with Gasteiger partial charge in [-0.05, 0) is 30.7 Å². The van der Waals surface area contributed by atoms with E-state index in [4.69, 9.17) is 11.2 Å². The van der Waals surface area contributed by atoms with E-state index in [2.05, 4.69) is 12.0 Å². The molecule has 0 heterocycles. The number of ether oxygens (including phenoxy) is 1. The van der Waals surface area contributed by atoms with E-state index in [1.54, 1.807) is 6.07 Å². The summed E-state index contributed by atoms with van der Waals surface area (Å²) in [5.41, 5.74) is 1.06. The lowest BCUT2D eigenvalue weighted by atomic mass is 10.2. The van der Waals surface area contributed by atoms with Gasteiger partial charge in [0.1, 0.15) is 12.4 Å². The molecule has 0 aliphatic carbocycles. The number of hydrogen-bond acceptors (Lipinski definition) is 1. The summed E-state index contributed by atoms with van der Waals surface area (Å²) in [6.45, 7) is 2.28.